The van der Waals surface area contributed by atoms with Gasteiger partial charge in [-0.25, -0.2) is 9.11 Å². The fourth-order valence-corrected chi connectivity index (χ4v) is 9.41. The van der Waals surface area contributed by atoms with Gasteiger partial charge in [0.1, 0.15) is 12.4 Å². The molecule has 0 saturated carbocycles. The third kappa shape index (κ3) is 5.89. The molecule has 5 aliphatic rings. The Morgan fingerprint density at radius 2 is 2.04 bits per heavy atom. The summed E-state index contributed by atoms with van der Waals surface area (Å²) in [7, 11) is -3.65. The van der Waals surface area contributed by atoms with Crippen LogP contribution in [-0.2, 0) is 34.2 Å². The number of alkyl halides is 3. The highest BCUT2D eigenvalue weighted by Crippen LogP contribution is 2.45. The Morgan fingerprint density at radius 3 is 2.77 bits per heavy atom. The van der Waals surface area contributed by atoms with Crippen molar-refractivity contribution in [2.24, 2.45) is 0 Å². The molecule has 4 N–H and O–H groups in total. The predicted octanol–water partition coefficient (Wildman–Crippen LogP) is 3.35. The lowest BCUT2D eigenvalue weighted by Gasteiger charge is -2.41. The number of halogens is 4. The van der Waals surface area contributed by atoms with Gasteiger partial charge in [-0.3, -0.25) is 4.90 Å². The molecule has 4 fully saturated rings. The smallest absolute Gasteiger partial charge is 0.418 e. The van der Waals surface area contributed by atoms with E-state index in [-0.39, 0.29) is 37.7 Å². The highest BCUT2D eigenvalue weighted by Gasteiger charge is 2.48. The van der Waals surface area contributed by atoms with Crippen LogP contribution in [0.2, 0.25) is 0 Å². The molecular weight excluding hydrogens is 654 g/mol. The van der Waals surface area contributed by atoms with E-state index in [9.17, 15) is 21.6 Å². The Bertz CT molecular complexity index is 1850. The van der Waals surface area contributed by atoms with E-state index in [4.69, 9.17) is 20.2 Å². The number of nitrogens with zero attached hydrogens (tertiary/aromatic N) is 4. The van der Waals surface area contributed by atoms with Crippen LogP contribution < -0.4 is 24.8 Å². The van der Waals surface area contributed by atoms with Gasteiger partial charge in [0.15, 0.2) is 5.82 Å². The fourth-order valence-electron chi connectivity index (χ4n) is 8.06. The lowest BCUT2D eigenvalue weighted by atomic mass is 9.89. The number of nitrogens with two attached hydrogens (primary N) is 1. The second-order valence-electron chi connectivity index (χ2n) is 13.4. The van der Waals surface area contributed by atoms with Crippen molar-refractivity contribution in [3.8, 4) is 17.9 Å². The Labute approximate surface area is 276 Å². The first-order chi connectivity index (χ1) is 22.7. The van der Waals surface area contributed by atoms with Gasteiger partial charge >= 0.3 is 12.2 Å². The average molecular weight is 692 g/mol. The van der Waals surface area contributed by atoms with Crippen molar-refractivity contribution in [2.45, 2.75) is 75.4 Å². The standard InChI is InChI=1S/C32H37F4N7O4S/c1-3-6-20-11-22(37)27(33)25(26(20)32(34,35)36)24-12-23-21(15-46-24)28(42-9-4-7-30(17-42)16-38-48(44,45)41-30)40-29(39-23)47-18-31-8-5-10-43(31)14-19(2)13-31/h11,24,38,41H,2,4-5,7-10,12-18,37H2,1H3. The Hall–Kier alpha value is -3.49. The highest BCUT2D eigenvalue weighted by molar-refractivity contribution is 7.87. The number of anilines is 2. The van der Waals surface area contributed by atoms with Gasteiger partial charge < -0.3 is 20.1 Å². The van der Waals surface area contributed by atoms with Crippen LogP contribution >= 0.6 is 0 Å². The summed E-state index contributed by atoms with van der Waals surface area (Å²) in [6.07, 6.45) is -2.58. The first-order valence-electron chi connectivity index (χ1n) is 15.9. The van der Waals surface area contributed by atoms with E-state index in [1.807, 2.05) is 4.90 Å². The first-order valence-corrected chi connectivity index (χ1v) is 17.4. The maximum absolute atomic E-state index is 15.6. The number of ether oxygens (including phenoxy) is 2. The summed E-state index contributed by atoms with van der Waals surface area (Å²) >= 11 is 0. The lowest BCUT2D eigenvalue weighted by Crippen LogP contribution is -2.56. The molecule has 16 heteroatoms. The van der Waals surface area contributed by atoms with Crippen molar-refractivity contribution in [3.63, 3.8) is 0 Å². The summed E-state index contributed by atoms with van der Waals surface area (Å²) in [6.45, 7) is 8.36. The molecule has 3 unspecified atom stereocenters. The van der Waals surface area contributed by atoms with Gasteiger partial charge in [0.25, 0.3) is 10.2 Å². The predicted molar refractivity (Wildman–Crippen MR) is 169 cm³/mol. The molecule has 11 nitrogen and oxygen atoms in total. The van der Waals surface area contributed by atoms with E-state index in [2.05, 4.69) is 37.7 Å². The number of hydrogen-bond donors (Lipinski definition) is 3. The van der Waals surface area contributed by atoms with E-state index in [1.54, 1.807) is 0 Å². The number of nitrogens with one attached hydrogen (secondary N) is 2. The molecule has 0 radical (unpaired) electrons. The Morgan fingerprint density at radius 1 is 1.25 bits per heavy atom. The Balaban J connectivity index is 1.28. The van der Waals surface area contributed by atoms with Crippen LogP contribution in [0.25, 0.3) is 0 Å². The Kier molecular flexibility index (Phi) is 8.14. The van der Waals surface area contributed by atoms with Crippen LogP contribution in [-0.4, -0.2) is 73.7 Å². The minimum atomic E-state index is -4.94. The molecule has 5 aliphatic heterocycles. The maximum atomic E-state index is 15.6. The fraction of sp³-hybridized carbons (Fsp3) is 0.562. The number of hydrogen-bond acceptors (Lipinski definition) is 9. The van der Waals surface area contributed by atoms with E-state index in [0.717, 1.165) is 44.0 Å². The molecule has 48 heavy (non-hydrogen) atoms. The normalized spacial score (nSPS) is 28.3. The number of fused-ring (bicyclic) bond motifs is 2. The van der Waals surface area contributed by atoms with Gasteiger partial charge in [-0.05, 0) is 51.6 Å². The van der Waals surface area contributed by atoms with Crippen LogP contribution in [0.15, 0.2) is 18.2 Å². The molecule has 4 saturated heterocycles. The monoisotopic (exact) mass is 691 g/mol. The highest BCUT2D eigenvalue weighted by atomic mass is 32.2. The van der Waals surface area contributed by atoms with Crippen LogP contribution in [0, 0.1) is 17.7 Å². The van der Waals surface area contributed by atoms with E-state index >= 15 is 4.39 Å². The molecule has 258 valence electrons. The third-order valence-electron chi connectivity index (χ3n) is 10.1. The number of rotatable bonds is 5. The molecule has 0 bridgehead atoms. The number of aromatic nitrogens is 2. The van der Waals surface area contributed by atoms with Crippen molar-refractivity contribution in [1.29, 1.82) is 0 Å². The van der Waals surface area contributed by atoms with Crippen LogP contribution in [0.3, 0.4) is 0 Å². The van der Waals surface area contributed by atoms with Crippen molar-refractivity contribution in [3.05, 3.63) is 52.0 Å². The van der Waals surface area contributed by atoms with E-state index in [0.29, 0.717) is 43.1 Å². The van der Waals surface area contributed by atoms with E-state index < -0.39 is 56.2 Å². The van der Waals surface area contributed by atoms with Gasteiger partial charge in [-0.15, -0.1) is 5.92 Å². The zero-order chi connectivity index (χ0) is 34.1. The quantitative estimate of drug-likeness (QED) is 0.187. The molecule has 6 heterocycles. The zero-order valence-corrected chi connectivity index (χ0v) is 27.3. The maximum Gasteiger partial charge on any atom is 0.418 e. The lowest BCUT2D eigenvalue weighted by molar-refractivity contribution is -0.140. The van der Waals surface area contributed by atoms with E-state index in [1.165, 1.54) is 6.92 Å². The number of piperidine rings is 1. The first kappa shape index (κ1) is 33.0. The summed E-state index contributed by atoms with van der Waals surface area (Å²) in [5, 5.41) is 0. The summed E-state index contributed by atoms with van der Waals surface area (Å²) in [4.78, 5) is 13.8. The SMILES string of the molecule is C=C1CN2CCCC2(COc2nc3c(c(N4CCCC5(CNS(=O)(=O)N5)C4)n2)COC(c2c(F)c(N)cc(C#CC)c2C(F)(F)F)C3)C1. The van der Waals surface area contributed by atoms with Gasteiger partial charge in [0.2, 0.25) is 0 Å². The molecule has 1 spiro atoms. The van der Waals surface area contributed by atoms with Crippen molar-refractivity contribution in [2.75, 3.05) is 50.0 Å². The average Bonchev–Trinajstić information content (AvgIpc) is 3.65. The molecule has 0 aliphatic carbocycles. The van der Waals surface area contributed by atoms with Crippen molar-refractivity contribution in [1.82, 2.24) is 24.3 Å². The minimum Gasteiger partial charge on any atom is -0.461 e. The topological polar surface area (TPSA) is 135 Å². The second kappa shape index (κ2) is 11.8. The molecule has 1 aromatic heterocycles. The number of nitrogen functional groups attached to an aromatic ring is 1. The second-order valence-corrected chi connectivity index (χ2v) is 14.9. The molecule has 1 aromatic carbocycles. The molecular formula is C32H37F4N7O4S. The van der Waals surface area contributed by atoms with Crippen LogP contribution in [0.1, 0.15) is 73.1 Å². The summed E-state index contributed by atoms with van der Waals surface area (Å²) in [5.74, 6) is 4.09. The molecule has 0 amide bonds. The van der Waals surface area contributed by atoms with Gasteiger partial charge in [-0.1, -0.05) is 18.1 Å². The van der Waals surface area contributed by atoms with Crippen LogP contribution in [0.5, 0.6) is 6.01 Å². The van der Waals surface area contributed by atoms with Gasteiger partial charge in [0.05, 0.1) is 40.7 Å². The molecule has 2 aromatic rings. The molecule has 7 rings (SSSR count). The minimum absolute atomic E-state index is 0.0366. The van der Waals surface area contributed by atoms with Crippen molar-refractivity contribution >= 4 is 21.7 Å². The third-order valence-corrected chi connectivity index (χ3v) is 11.3. The van der Waals surface area contributed by atoms with Crippen molar-refractivity contribution < 1.29 is 35.5 Å². The molecule has 3 atom stereocenters. The van der Waals surface area contributed by atoms with Gasteiger partial charge in [0, 0.05) is 49.3 Å². The summed E-state index contributed by atoms with van der Waals surface area (Å²) in [6, 6.07) is 0.928. The zero-order valence-electron chi connectivity index (χ0n) is 26.5. The summed E-state index contributed by atoms with van der Waals surface area (Å²) in [5.41, 5.74) is 3.97. The number of benzene rings is 1. The van der Waals surface area contributed by atoms with Gasteiger partial charge in [-0.2, -0.15) is 36.3 Å². The largest absolute Gasteiger partial charge is 0.461 e. The van der Waals surface area contributed by atoms with Crippen LogP contribution in [0.4, 0.5) is 29.1 Å². The summed E-state index contributed by atoms with van der Waals surface area (Å²) < 4.78 is 101.